The van der Waals surface area contributed by atoms with E-state index in [-0.39, 0.29) is 16.0 Å². The molecule has 116 valence electrons. The van der Waals surface area contributed by atoms with Crippen LogP contribution in [0.15, 0.2) is 47.4 Å². The Hall–Kier alpha value is -2.25. The minimum atomic E-state index is -3.66. The molecule has 5 nitrogen and oxygen atoms in total. The normalized spacial score (nSPS) is 11.6. The van der Waals surface area contributed by atoms with Gasteiger partial charge in [-0.25, -0.2) is 21.9 Å². The van der Waals surface area contributed by atoms with Crippen LogP contribution in [0.25, 0.3) is 11.1 Å². The van der Waals surface area contributed by atoms with Gasteiger partial charge in [-0.15, -0.1) is 0 Å². The number of hydrogen-bond acceptors (Lipinski definition) is 3. The van der Waals surface area contributed by atoms with E-state index in [0.717, 1.165) is 22.5 Å². The molecule has 0 fully saturated rings. The molecular weight excluding hydrogens is 309 g/mol. The first-order valence-electron chi connectivity index (χ1n) is 6.29. The number of hydrogen-bond donors (Lipinski definition) is 1. The summed E-state index contributed by atoms with van der Waals surface area (Å²) in [5.74, 6) is -1.81. The summed E-state index contributed by atoms with van der Waals surface area (Å²) in [6.07, 6.45) is 0. The molecule has 0 radical (unpaired) electrons. The van der Waals surface area contributed by atoms with Gasteiger partial charge in [-0.05, 0) is 41.5 Å². The summed E-state index contributed by atoms with van der Waals surface area (Å²) in [5.41, 5.74) is 0.351. The average Bonchev–Trinajstić information content (AvgIpc) is 2.46. The van der Waals surface area contributed by atoms with Gasteiger partial charge >= 0.3 is 5.97 Å². The van der Waals surface area contributed by atoms with Crippen molar-refractivity contribution in [1.29, 1.82) is 0 Å². The quantitative estimate of drug-likeness (QED) is 0.938. The van der Waals surface area contributed by atoms with Gasteiger partial charge in [-0.2, -0.15) is 0 Å². The molecule has 0 aliphatic carbocycles. The first-order chi connectivity index (χ1) is 10.2. The van der Waals surface area contributed by atoms with E-state index < -0.39 is 21.8 Å². The molecule has 0 amide bonds. The molecule has 0 bridgehead atoms. The van der Waals surface area contributed by atoms with Crippen LogP contribution in [0, 0.1) is 5.82 Å². The predicted molar refractivity (Wildman–Crippen MR) is 79.7 cm³/mol. The second kappa shape index (κ2) is 5.86. The van der Waals surface area contributed by atoms with E-state index in [0.29, 0.717) is 5.56 Å². The molecule has 0 spiro atoms. The molecule has 2 aromatic rings. The lowest BCUT2D eigenvalue weighted by Gasteiger charge is -2.13. The molecule has 0 atom stereocenters. The fourth-order valence-electron chi connectivity index (χ4n) is 1.98. The van der Waals surface area contributed by atoms with Gasteiger partial charge < -0.3 is 5.11 Å². The Balaban J connectivity index is 2.66. The first kappa shape index (κ1) is 16.1. The molecule has 0 aliphatic rings. The maximum Gasteiger partial charge on any atom is 0.336 e. The molecule has 0 aliphatic heterocycles. The van der Waals surface area contributed by atoms with Crippen LogP contribution in [0.3, 0.4) is 0 Å². The summed E-state index contributed by atoms with van der Waals surface area (Å²) in [5, 5.41) is 9.19. The Bertz CT molecular complexity index is 831. The Morgan fingerprint density at radius 2 is 1.82 bits per heavy atom. The van der Waals surface area contributed by atoms with Crippen molar-refractivity contribution in [2.45, 2.75) is 4.90 Å². The van der Waals surface area contributed by atoms with E-state index in [4.69, 9.17) is 0 Å². The minimum Gasteiger partial charge on any atom is -0.478 e. The van der Waals surface area contributed by atoms with Gasteiger partial charge in [0.05, 0.1) is 10.5 Å². The number of aromatic carboxylic acids is 1. The van der Waals surface area contributed by atoms with Gasteiger partial charge in [0.1, 0.15) is 5.82 Å². The van der Waals surface area contributed by atoms with E-state index >= 15 is 0 Å². The number of halogens is 1. The van der Waals surface area contributed by atoms with Gasteiger partial charge in [0, 0.05) is 14.1 Å². The summed E-state index contributed by atoms with van der Waals surface area (Å²) in [7, 11) is -0.867. The van der Waals surface area contributed by atoms with Crippen molar-refractivity contribution >= 4 is 16.0 Å². The fourth-order valence-corrected chi connectivity index (χ4v) is 2.92. The van der Waals surface area contributed by atoms with Crippen LogP contribution in [0.2, 0.25) is 0 Å². The third-order valence-corrected chi connectivity index (χ3v) is 4.95. The highest BCUT2D eigenvalue weighted by Gasteiger charge is 2.19. The largest absolute Gasteiger partial charge is 0.478 e. The van der Waals surface area contributed by atoms with E-state index in [1.165, 1.54) is 38.4 Å². The van der Waals surface area contributed by atoms with Crippen molar-refractivity contribution < 1.29 is 22.7 Å². The van der Waals surface area contributed by atoms with Crippen LogP contribution >= 0.6 is 0 Å². The lowest BCUT2D eigenvalue weighted by Crippen LogP contribution is -2.22. The van der Waals surface area contributed by atoms with E-state index in [1.54, 1.807) is 0 Å². The molecule has 0 saturated heterocycles. The smallest absolute Gasteiger partial charge is 0.336 e. The molecular formula is C15H14FNO4S. The molecule has 2 rings (SSSR count). The Morgan fingerprint density at radius 3 is 2.41 bits per heavy atom. The van der Waals surface area contributed by atoms with Gasteiger partial charge in [0.15, 0.2) is 0 Å². The number of sulfonamides is 1. The zero-order valence-electron chi connectivity index (χ0n) is 11.9. The summed E-state index contributed by atoms with van der Waals surface area (Å²) < 4.78 is 38.8. The summed E-state index contributed by atoms with van der Waals surface area (Å²) in [4.78, 5) is 11.3. The van der Waals surface area contributed by atoms with E-state index in [9.17, 15) is 22.7 Å². The number of benzene rings is 2. The van der Waals surface area contributed by atoms with Crippen molar-refractivity contribution in [1.82, 2.24) is 4.31 Å². The Labute approximate surface area is 127 Å². The fraction of sp³-hybridized carbons (Fsp3) is 0.133. The van der Waals surface area contributed by atoms with Gasteiger partial charge in [0.2, 0.25) is 10.0 Å². The van der Waals surface area contributed by atoms with Gasteiger partial charge in [-0.3, -0.25) is 0 Å². The molecule has 0 saturated carbocycles. The summed E-state index contributed by atoms with van der Waals surface area (Å²) in [6.45, 7) is 0. The topological polar surface area (TPSA) is 74.7 Å². The number of nitrogens with zero attached hydrogens (tertiary/aromatic N) is 1. The molecule has 0 unspecified atom stereocenters. The van der Waals surface area contributed by atoms with Crippen molar-refractivity contribution in [3.63, 3.8) is 0 Å². The maximum atomic E-state index is 13.4. The maximum absolute atomic E-state index is 13.4. The van der Waals surface area contributed by atoms with Crippen molar-refractivity contribution in [3.8, 4) is 11.1 Å². The van der Waals surface area contributed by atoms with Crippen LogP contribution < -0.4 is 0 Å². The third-order valence-electron chi connectivity index (χ3n) is 3.14. The van der Waals surface area contributed by atoms with Crippen LogP contribution in [0.4, 0.5) is 4.39 Å². The molecule has 0 heterocycles. The summed E-state index contributed by atoms with van der Waals surface area (Å²) in [6, 6.07) is 9.03. The lowest BCUT2D eigenvalue weighted by molar-refractivity contribution is 0.0697. The second-order valence-corrected chi connectivity index (χ2v) is 6.96. The molecule has 2 aromatic carbocycles. The van der Waals surface area contributed by atoms with Gasteiger partial charge in [-0.1, -0.05) is 12.1 Å². The van der Waals surface area contributed by atoms with E-state index in [1.807, 2.05) is 0 Å². The van der Waals surface area contributed by atoms with Crippen LogP contribution in [-0.4, -0.2) is 37.9 Å². The standard InChI is InChI=1S/C15H14FNO4S/c1-17(2)22(20,21)12-5-3-4-10(8-12)14-9-11(16)6-7-13(14)15(18)19/h3-9H,1-2H3,(H,18,19). The Morgan fingerprint density at radius 1 is 1.14 bits per heavy atom. The zero-order chi connectivity index (χ0) is 16.5. The Kier molecular flexibility index (Phi) is 4.30. The number of carboxylic acid groups (broad SMARTS) is 1. The minimum absolute atomic E-state index is 0.00981. The highest BCUT2D eigenvalue weighted by atomic mass is 32.2. The van der Waals surface area contributed by atoms with Crippen LogP contribution in [0.1, 0.15) is 10.4 Å². The first-order valence-corrected chi connectivity index (χ1v) is 7.73. The lowest BCUT2D eigenvalue weighted by atomic mass is 9.99. The van der Waals surface area contributed by atoms with Gasteiger partial charge in [0.25, 0.3) is 0 Å². The van der Waals surface area contributed by atoms with Crippen molar-refractivity contribution in [2.75, 3.05) is 14.1 Å². The van der Waals surface area contributed by atoms with E-state index in [2.05, 4.69) is 0 Å². The summed E-state index contributed by atoms with van der Waals surface area (Å²) >= 11 is 0. The third kappa shape index (κ3) is 3.00. The predicted octanol–water partition coefficient (Wildman–Crippen LogP) is 2.44. The molecule has 1 N–H and O–H groups in total. The highest BCUT2D eigenvalue weighted by molar-refractivity contribution is 7.89. The van der Waals surface area contributed by atoms with Crippen LogP contribution in [-0.2, 0) is 10.0 Å². The SMILES string of the molecule is CN(C)S(=O)(=O)c1cccc(-c2cc(F)ccc2C(=O)O)c1. The van der Waals surface area contributed by atoms with Crippen molar-refractivity contribution in [2.24, 2.45) is 0 Å². The molecule has 22 heavy (non-hydrogen) atoms. The highest BCUT2D eigenvalue weighted by Crippen LogP contribution is 2.27. The number of rotatable bonds is 4. The number of carboxylic acids is 1. The van der Waals surface area contributed by atoms with Crippen LogP contribution in [0.5, 0.6) is 0 Å². The zero-order valence-corrected chi connectivity index (χ0v) is 12.8. The van der Waals surface area contributed by atoms with Crippen molar-refractivity contribution in [3.05, 3.63) is 53.8 Å². The molecule has 0 aromatic heterocycles. The molecule has 7 heteroatoms. The number of carbonyl (C=O) groups is 1. The monoisotopic (exact) mass is 323 g/mol. The second-order valence-electron chi connectivity index (χ2n) is 4.81. The average molecular weight is 323 g/mol.